The van der Waals surface area contributed by atoms with Gasteiger partial charge >= 0.3 is 107 Å². The molecule has 0 atom stereocenters. The average Bonchev–Trinajstić information content (AvgIpc) is 2.97. The van der Waals surface area contributed by atoms with Gasteiger partial charge in [0.1, 0.15) is 64.3 Å². The number of aromatic nitrogens is 3. The van der Waals surface area contributed by atoms with E-state index >= 15 is 0 Å². The summed E-state index contributed by atoms with van der Waals surface area (Å²) in [6, 6.07) is 2.75. The van der Waals surface area contributed by atoms with Crippen molar-refractivity contribution in [2.24, 2.45) is 0 Å². The first-order valence-electron chi connectivity index (χ1n) is 12.6. The molecule has 4 aromatic rings. The maximum Gasteiger partial charge on any atom is 1.00 e. The van der Waals surface area contributed by atoms with E-state index in [9.17, 15) is 83.9 Å². The van der Waals surface area contributed by atoms with Gasteiger partial charge in [-0.05, 0) is 30.3 Å². The minimum absolute atomic E-state index is 0. The van der Waals surface area contributed by atoms with Crippen molar-refractivity contribution in [3.63, 3.8) is 0 Å². The van der Waals surface area contributed by atoms with Crippen LogP contribution in [-0.4, -0.2) is 102 Å². The topological polar surface area (TPSA) is 419 Å². The quantitative estimate of drug-likeness (QED) is 0.0363. The number of anilines is 6. The molecular weight excluding hydrogens is 825 g/mol. The van der Waals surface area contributed by atoms with Gasteiger partial charge in [-0.15, -0.1) is 0 Å². The van der Waals surface area contributed by atoms with Crippen LogP contribution in [0.2, 0.25) is 0 Å². The summed E-state index contributed by atoms with van der Waals surface area (Å²) in [6.07, 6.45) is 0. The van der Waals surface area contributed by atoms with E-state index in [1.54, 1.807) is 0 Å². The number of aromatic carboxylic acids is 3. The van der Waals surface area contributed by atoms with Gasteiger partial charge in [-0.25, -0.2) is 39.6 Å². The maximum atomic E-state index is 11.9. The van der Waals surface area contributed by atoms with E-state index in [0.717, 1.165) is 0 Å². The molecule has 9 N–H and O–H groups in total. The first kappa shape index (κ1) is 48.6. The van der Waals surface area contributed by atoms with Gasteiger partial charge in [0.15, 0.2) is 0 Å². The molecule has 0 spiro atoms. The summed E-state index contributed by atoms with van der Waals surface area (Å²) in [7, 11) is -16.6. The summed E-state index contributed by atoms with van der Waals surface area (Å²) in [6.45, 7) is 0. The van der Waals surface area contributed by atoms with Crippen LogP contribution in [0.25, 0.3) is 0 Å². The van der Waals surface area contributed by atoms with Crippen LogP contribution >= 0.6 is 0 Å². The first-order valence-corrected chi connectivity index (χ1v) is 16.8. The van der Waals surface area contributed by atoms with Crippen LogP contribution in [0.15, 0.2) is 51.1 Å². The van der Waals surface area contributed by atoms with E-state index in [1.807, 2.05) is 0 Å². The Hall–Kier alpha value is -3.39. The van der Waals surface area contributed by atoms with E-state index in [2.05, 4.69) is 30.9 Å². The summed E-state index contributed by atoms with van der Waals surface area (Å²) < 4.78 is 106. The van der Waals surface area contributed by atoms with Crippen LogP contribution in [0, 0.1) is 0 Å². The molecule has 30 heteroatoms. The number of carbonyl (C=O) groups is 3. The number of rotatable bonds is 12. The second-order valence-corrected chi connectivity index (χ2v) is 13.6. The standard InChI is InChI=1S/C24H18N6O18S3.3Na/c31-13-6-14(49(40,41)42)12(5-9(13)19(34)35)27-24-29-22(25-7-1-10(20(36)37)17(32)15(3-7)50(43,44)45)28-23(30-24)26-8-2-11(21(38)39)18(33)16(4-8)51(46,47)48;;;/h1-6,31-33H,(H,34,35)(H,36,37)(H,38,39)(H,40,41,42)(H,43,44,45)(H,46,47,48)(H3,25,26,27,28,29,30);;;/q;3*+1/p-3. The van der Waals surface area contributed by atoms with Crippen molar-refractivity contribution < 1.29 is 173 Å². The van der Waals surface area contributed by atoms with Gasteiger partial charge in [0.2, 0.25) is 17.8 Å². The fraction of sp³-hybridized carbons (Fsp3) is 0. The van der Waals surface area contributed by atoms with E-state index < -0.39 is 132 Å². The van der Waals surface area contributed by atoms with Crippen molar-refractivity contribution in [3.05, 3.63) is 53.1 Å². The summed E-state index contributed by atoms with van der Waals surface area (Å²) in [5, 5.41) is 64.7. The molecule has 0 saturated carbocycles. The maximum absolute atomic E-state index is 11.9. The molecule has 0 aliphatic carbocycles. The van der Waals surface area contributed by atoms with Crippen LogP contribution in [0.5, 0.6) is 17.2 Å². The van der Waals surface area contributed by atoms with E-state index in [4.69, 9.17) is 0 Å². The molecule has 0 aliphatic rings. The third-order valence-corrected chi connectivity index (χ3v) is 8.72. The Morgan fingerprint density at radius 3 is 1.15 bits per heavy atom. The van der Waals surface area contributed by atoms with Gasteiger partial charge in [0.25, 0.3) is 0 Å². The zero-order chi connectivity index (χ0) is 38.4. The Kier molecular flexibility index (Phi) is 16.2. The summed E-state index contributed by atoms with van der Waals surface area (Å²) in [4.78, 5) is 42.0. The Balaban J connectivity index is 0.00000486. The van der Waals surface area contributed by atoms with Crippen LogP contribution in [-0.2, 0) is 30.4 Å². The van der Waals surface area contributed by atoms with Gasteiger partial charge in [-0.1, -0.05) is 0 Å². The van der Waals surface area contributed by atoms with Gasteiger partial charge in [-0.3, -0.25) is 0 Å². The predicted molar refractivity (Wildman–Crippen MR) is 159 cm³/mol. The number of hydrogen-bond donors (Lipinski definition) is 9. The smallest absolute Gasteiger partial charge is 0.744 e. The van der Waals surface area contributed by atoms with E-state index in [0.29, 0.717) is 30.3 Å². The molecule has 0 saturated heterocycles. The normalized spacial score (nSPS) is 11.2. The van der Waals surface area contributed by atoms with Crippen molar-refractivity contribution >= 4 is 83.2 Å². The van der Waals surface area contributed by atoms with E-state index in [-0.39, 0.29) is 94.7 Å². The number of aromatic hydroxyl groups is 3. The van der Waals surface area contributed by atoms with Crippen LogP contribution < -0.4 is 105 Å². The molecule has 1 aromatic heterocycles. The molecule has 24 nitrogen and oxygen atoms in total. The molecule has 0 unspecified atom stereocenters. The molecule has 4 rings (SSSR count). The van der Waals surface area contributed by atoms with E-state index in [1.165, 1.54) is 0 Å². The van der Waals surface area contributed by atoms with Crippen LogP contribution in [0.4, 0.5) is 34.9 Å². The van der Waals surface area contributed by atoms with Crippen LogP contribution in [0.3, 0.4) is 0 Å². The molecule has 0 aliphatic heterocycles. The molecule has 0 bridgehead atoms. The third kappa shape index (κ3) is 11.3. The number of carboxylic acids is 3. The fourth-order valence-electron chi connectivity index (χ4n) is 4.03. The van der Waals surface area contributed by atoms with Gasteiger partial charge in [0.05, 0.1) is 20.4 Å². The first-order chi connectivity index (χ1) is 23.4. The van der Waals surface area contributed by atoms with Crippen molar-refractivity contribution in [1.82, 2.24) is 15.0 Å². The number of nitrogens with one attached hydrogen (secondary N) is 3. The van der Waals surface area contributed by atoms with Gasteiger partial charge in [-0.2, -0.15) is 15.0 Å². The summed E-state index contributed by atoms with van der Waals surface area (Å²) in [5.74, 6) is -12.3. The number of carboxylic acid groups (broad SMARTS) is 3. The summed E-state index contributed by atoms with van der Waals surface area (Å²) >= 11 is 0. The number of benzene rings is 3. The Morgan fingerprint density at radius 1 is 0.500 bits per heavy atom. The Labute approximate surface area is 367 Å². The second kappa shape index (κ2) is 18.0. The van der Waals surface area contributed by atoms with Crippen molar-refractivity contribution in [1.29, 1.82) is 0 Å². The van der Waals surface area contributed by atoms with Gasteiger partial charge < -0.3 is 60.2 Å². The SMILES string of the molecule is O=C(O)c1cc(Nc2nc(Nc3cc(C(=O)O)c(O)c(S(=O)(=O)[O-])c3)nc(Nc3cc(C(=O)O)c(O)c(S(=O)(=O)[O-])c3)n2)c(S(=O)(=O)[O-])cc1O.[Na+].[Na+].[Na+]. The minimum atomic E-state index is -5.55. The average molecular weight is 841 g/mol. The van der Waals surface area contributed by atoms with Crippen LogP contribution in [0.1, 0.15) is 31.1 Å². The largest absolute Gasteiger partial charge is 1.00 e. The fourth-order valence-corrected chi connectivity index (χ4v) is 5.91. The molecule has 270 valence electrons. The molecule has 3 aromatic carbocycles. The van der Waals surface area contributed by atoms with Crippen molar-refractivity contribution in [2.75, 3.05) is 16.0 Å². The van der Waals surface area contributed by atoms with Crippen molar-refractivity contribution in [2.45, 2.75) is 14.7 Å². The Bertz CT molecular complexity index is 2400. The molecule has 1 heterocycles. The third-order valence-electron chi connectivity index (χ3n) is 6.14. The number of hydrogen-bond acceptors (Lipinski definition) is 21. The minimum Gasteiger partial charge on any atom is -0.744 e. The zero-order valence-corrected chi connectivity index (χ0v) is 35.6. The monoisotopic (exact) mass is 840 g/mol. The molecule has 0 amide bonds. The molecule has 54 heavy (non-hydrogen) atoms. The number of phenols is 3. The predicted octanol–water partition coefficient (Wildman–Crippen LogP) is -8.96. The second-order valence-electron chi connectivity index (χ2n) is 9.57. The van der Waals surface area contributed by atoms with Crippen molar-refractivity contribution in [3.8, 4) is 17.2 Å². The van der Waals surface area contributed by atoms with Gasteiger partial charge in [0, 0.05) is 17.4 Å². The molecular formula is C24H15N6Na3O18S3. The Morgan fingerprint density at radius 2 is 0.833 bits per heavy atom. The zero-order valence-electron chi connectivity index (χ0n) is 27.1. The molecule has 0 radical (unpaired) electrons. The molecule has 0 fully saturated rings. The summed E-state index contributed by atoms with van der Waals surface area (Å²) in [5.41, 5.74) is -5.39. The number of nitrogens with zero attached hydrogens (tertiary/aromatic N) is 3.